The lowest BCUT2D eigenvalue weighted by molar-refractivity contribution is -0.127. The SMILES string of the molecule is CCCNC(=O)C(CSc1ccc(OC)cc1)NC(C)=O. The van der Waals surface area contributed by atoms with Gasteiger partial charge in [-0.15, -0.1) is 11.8 Å². The van der Waals surface area contributed by atoms with Crippen LogP contribution >= 0.6 is 11.8 Å². The topological polar surface area (TPSA) is 67.4 Å². The molecule has 2 amide bonds. The highest BCUT2D eigenvalue weighted by Crippen LogP contribution is 2.21. The summed E-state index contributed by atoms with van der Waals surface area (Å²) in [5.74, 6) is 0.926. The van der Waals surface area contributed by atoms with E-state index >= 15 is 0 Å². The molecule has 1 aromatic rings. The van der Waals surface area contributed by atoms with E-state index < -0.39 is 6.04 Å². The fourth-order valence-electron chi connectivity index (χ4n) is 1.65. The Labute approximate surface area is 129 Å². The molecule has 0 saturated heterocycles. The average Bonchev–Trinajstić information content (AvgIpc) is 2.49. The van der Waals surface area contributed by atoms with Crippen LogP contribution in [0.5, 0.6) is 5.75 Å². The molecule has 21 heavy (non-hydrogen) atoms. The number of carbonyl (C=O) groups is 2. The van der Waals surface area contributed by atoms with Crippen LogP contribution in [0, 0.1) is 0 Å². The number of hydrogen-bond donors (Lipinski definition) is 2. The van der Waals surface area contributed by atoms with Crippen molar-refractivity contribution in [1.29, 1.82) is 0 Å². The van der Waals surface area contributed by atoms with E-state index in [1.807, 2.05) is 31.2 Å². The van der Waals surface area contributed by atoms with Gasteiger partial charge in [-0.1, -0.05) is 6.92 Å². The van der Waals surface area contributed by atoms with Crippen LogP contribution < -0.4 is 15.4 Å². The molecular formula is C15H22N2O3S. The van der Waals surface area contributed by atoms with Gasteiger partial charge in [0.05, 0.1) is 7.11 Å². The molecule has 1 unspecified atom stereocenters. The lowest BCUT2D eigenvalue weighted by Crippen LogP contribution is -2.47. The molecule has 0 aliphatic rings. The number of carbonyl (C=O) groups excluding carboxylic acids is 2. The minimum atomic E-state index is -0.527. The van der Waals surface area contributed by atoms with Gasteiger partial charge in [0.2, 0.25) is 11.8 Å². The zero-order valence-electron chi connectivity index (χ0n) is 12.6. The van der Waals surface area contributed by atoms with Crippen molar-refractivity contribution in [2.45, 2.75) is 31.2 Å². The summed E-state index contributed by atoms with van der Waals surface area (Å²) >= 11 is 1.52. The zero-order chi connectivity index (χ0) is 15.7. The van der Waals surface area contributed by atoms with Gasteiger partial charge in [0.1, 0.15) is 11.8 Å². The van der Waals surface area contributed by atoms with E-state index in [2.05, 4.69) is 10.6 Å². The zero-order valence-corrected chi connectivity index (χ0v) is 13.5. The lowest BCUT2D eigenvalue weighted by Gasteiger charge is -2.17. The van der Waals surface area contributed by atoms with Gasteiger partial charge in [0.15, 0.2) is 0 Å². The van der Waals surface area contributed by atoms with Crippen molar-refractivity contribution >= 4 is 23.6 Å². The van der Waals surface area contributed by atoms with Gasteiger partial charge in [-0.25, -0.2) is 0 Å². The smallest absolute Gasteiger partial charge is 0.243 e. The Morgan fingerprint density at radius 2 is 1.95 bits per heavy atom. The van der Waals surface area contributed by atoms with Gasteiger partial charge in [0, 0.05) is 24.1 Å². The fraction of sp³-hybridized carbons (Fsp3) is 0.467. The second kappa shape index (κ2) is 9.28. The van der Waals surface area contributed by atoms with Crippen molar-refractivity contribution in [1.82, 2.24) is 10.6 Å². The molecule has 1 rings (SSSR count). The van der Waals surface area contributed by atoms with Crippen LogP contribution in [0.25, 0.3) is 0 Å². The molecule has 116 valence electrons. The van der Waals surface area contributed by atoms with Crippen LogP contribution in [0.3, 0.4) is 0 Å². The molecular weight excluding hydrogens is 288 g/mol. The first-order valence-electron chi connectivity index (χ1n) is 6.88. The van der Waals surface area contributed by atoms with Crippen LogP contribution in [0.15, 0.2) is 29.2 Å². The van der Waals surface area contributed by atoms with Crippen molar-refractivity contribution in [2.75, 3.05) is 19.4 Å². The number of thioether (sulfide) groups is 1. The van der Waals surface area contributed by atoms with Crippen molar-refractivity contribution in [3.05, 3.63) is 24.3 Å². The molecule has 0 bridgehead atoms. The van der Waals surface area contributed by atoms with Crippen LogP contribution in [0.4, 0.5) is 0 Å². The number of nitrogens with one attached hydrogen (secondary N) is 2. The van der Waals surface area contributed by atoms with Crippen molar-refractivity contribution in [3.8, 4) is 5.75 Å². The third-order valence-electron chi connectivity index (χ3n) is 2.72. The summed E-state index contributed by atoms with van der Waals surface area (Å²) in [7, 11) is 1.62. The highest BCUT2D eigenvalue weighted by molar-refractivity contribution is 7.99. The fourth-order valence-corrected chi connectivity index (χ4v) is 2.57. The highest BCUT2D eigenvalue weighted by atomic mass is 32.2. The van der Waals surface area contributed by atoms with E-state index in [0.29, 0.717) is 12.3 Å². The van der Waals surface area contributed by atoms with Gasteiger partial charge in [-0.3, -0.25) is 9.59 Å². The first-order valence-corrected chi connectivity index (χ1v) is 7.87. The molecule has 0 aliphatic carbocycles. The monoisotopic (exact) mass is 310 g/mol. The number of hydrogen-bond acceptors (Lipinski definition) is 4. The summed E-state index contributed by atoms with van der Waals surface area (Å²) in [6.45, 7) is 4.01. The van der Waals surface area contributed by atoms with E-state index in [1.165, 1.54) is 18.7 Å². The maximum absolute atomic E-state index is 12.0. The molecule has 1 atom stereocenters. The molecule has 0 spiro atoms. The van der Waals surface area contributed by atoms with E-state index in [1.54, 1.807) is 7.11 Å². The number of amides is 2. The summed E-state index contributed by atoms with van der Waals surface area (Å²) in [6.07, 6.45) is 0.865. The first kappa shape index (κ1) is 17.4. The molecule has 0 saturated carbocycles. The number of benzene rings is 1. The molecule has 0 heterocycles. The third kappa shape index (κ3) is 6.53. The summed E-state index contributed by atoms with van der Waals surface area (Å²) < 4.78 is 5.10. The van der Waals surface area contributed by atoms with Crippen LogP contribution in [0.2, 0.25) is 0 Å². The third-order valence-corrected chi connectivity index (χ3v) is 3.82. The van der Waals surface area contributed by atoms with E-state index in [9.17, 15) is 9.59 Å². The Kier molecular flexibility index (Phi) is 7.68. The molecule has 0 aliphatic heterocycles. The summed E-state index contributed by atoms with van der Waals surface area (Å²) in [5.41, 5.74) is 0. The van der Waals surface area contributed by atoms with Gasteiger partial charge in [-0.2, -0.15) is 0 Å². The maximum atomic E-state index is 12.0. The minimum absolute atomic E-state index is 0.145. The van der Waals surface area contributed by atoms with Crippen molar-refractivity contribution < 1.29 is 14.3 Å². The maximum Gasteiger partial charge on any atom is 0.243 e. The van der Waals surface area contributed by atoms with Crippen molar-refractivity contribution in [3.63, 3.8) is 0 Å². The Morgan fingerprint density at radius 1 is 1.29 bits per heavy atom. The summed E-state index contributed by atoms with van der Waals surface area (Å²) in [5, 5.41) is 5.49. The van der Waals surface area contributed by atoms with Gasteiger partial charge in [0.25, 0.3) is 0 Å². The van der Waals surface area contributed by atoms with Crippen LogP contribution in [-0.2, 0) is 9.59 Å². The molecule has 6 heteroatoms. The molecule has 0 aromatic heterocycles. The van der Waals surface area contributed by atoms with Crippen molar-refractivity contribution in [2.24, 2.45) is 0 Å². The predicted molar refractivity (Wildman–Crippen MR) is 84.6 cm³/mol. The Bertz CT molecular complexity index is 462. The lowest BCUT2D eigenvalue weighted by atomic mass is 10.3. The first-order chi connectivity index (χ1) is 10.1. The highest BCUT2D eigenvalue weighted by Gasteiger charge is 2.19. The average molecular weight is 310 g/mol. The number of ether oxygens (including phenoxy) is 1. The molecule has 2 N–H and O–H groups in total. The quantitative estimate of drug-likeness (QED) is 0.719. The van der Waals surface area contributed by atoms with Crippen LogP contribution in [-0.4, -0.2) is 37.3 Å². The Balaban J connectivity index is 2.58. The van der Waals surface area contributed by atoms with E-state index in [-0.39, 0.29) is 11.8 Å². The van der Waals surface area contributed by atoms with Gasteiger partial charge < -0.3 is 15.4 Å². The van der Waals surface area contributed by atoms with Gasteiger partial charge in [-0.05, 0) is 30.7 Å². The summed E-state index contributed by atoms with van der Waals surface area (Å²) in [4.78, 5) is 24.2. The van der Waals surface area contributed by atoms with E-state index in [4.69, 9.17) is 4.74 Å². The minimum Gasteiger partial charge on any atom is -0.497 e. The molecule has 1 aromatic carbocycles. The Morgan fingerprint density at radius 3 is 2.48 bits per heavy atom. The second-order valence-corrected chi connectivity index (χ2v) is 5.62. The number of methoxy groups -OCH3 is 1. The summed E-state index contributed by atoms with van der Waals surface area (Å²) in [6, 6.07) is 7.07. The van der Waals surface area contributed by atoms with Crippen LogP contribution in [0.1, 0.15) is 20.3 Å². The largest absolute Gasteiger partial charge is 0.497 e. The molecule has 5 nitrogen and oxygen atoms in total. The molecule has 0 radical (unpaired) electrons. The standard InChI is InChI=1S/C15H22N2O3S/c1-4-9-16-15(19)14(17-11(2)18)10-21-13-7-5-12(20-3)6-8-13/h5-8,14H,4,9-10H2,1-3H3,(H,16,19)(H,17,18). The normalized spacial score (nSPS) is 11.6. The number of rotatable bonds is 8. The van der Waals surface area contributed by atoms with E-state index in [0.717, 1.165) is 17.1 Å². The van der Waals surface area contributed by atoms with Gasteiger partial charge >= 0.3 is 0 Å². The Hall–Kier alpha value is -1.69. The second-order valence-electron chi connectivity index (χ2n) is 4.53. The molecule has 0 fully saturated rings. The predicted octanol–water partition coefficient (Wildman–Crippen LogP) is 1.82.